The van der Waals surface area contributed by atoms with Gasteiger partial charge in [0.2, 0.25) is 0 Å². The molecule has 1 heterocycles. The number of hydrogen-bond donors (Lipinski definition) is 1. The third-order valence-corrected chi connectivity index (χ3v) is 4.72. The van der Waals surface area contributed by atoms with Crippen LogP contribution in [0.1, 0.15) is 44.9 Å². The zero-order chi connectivity index (χ0) is 13.9. The van der Waals surface area contributed by atoms with Gasteiger partial charge in [-0.3, -0.25) is 0 Å². The van der Waals surface area contributed by atoms with Crippen molar-refractivity contribution >= 4 is 0 Å². The SMILES string of the molecule is CN1CCCCC1CNC1CCCCC1C(F)(F)F. The van der Waals surface area contributed by atoms with Gasteiger partial charge in [0.15, 0.2) is 0 Å². The Morgan fingerprint density at radius 1 is 1.05 bits per heavy atom. The topological polar surface area (TPSA) is 15.3 Å². The smallest absolute Gasteiger partial charge is 0.312 e. The minimum atomic E-state index is -4.05. The molecule has 1 N–H and O–H groups in total. The molecule has 2 fully saturated rings. The van der Waals surface area contributed by atoms with Crippen LogP contribution >= 0.6 is 0 Å². The molecule has 3 atom stereocenters. The Balaban J connectivity index is 1.85. The summed E-state index contributed by atoms with van der Waals surface area (Å²) in [6.07, 6.45) is 2.06. The molecule has 0 radical (unpaired) electrons. The van der Waals surface area contributed by atoms with Gasteiger partial charge in [-0.15, -0.1) is 0 Å². The highest BCUT2D eigenvalue weighted by molar-refractivity contribution is 4.87. The lowest BCUT2D eigenvalue weighted by Crippen LogP contribution is -2.50. The maximum absolute atomic E-state index is 13.0. The quantitative estimate of drug-likeness (QED) is 0.853. The van der Waals surface area contributed by atoms with E-state index in [0.29, 0.717) is 31.8 Å². The van der Waals surface area contributed by atoms with Crippen molar-refractivity contribution < 1.29 is 13.2 Å². The van der Waals surface area contributed by atoms with Gasteiger partial charge in [0.25, 0.3) is 0 Å². The first-order valence-corrected chi connectivity index (χ1v) is 7.49. The monoisotopic (exact) mass is 278 g/mol. The van der Waals surface area contributed by atoms with Crippen LogP contribution in [0.15, 0.2) is 0 Å². The number of nitrogens with zero attached hydrogens (tertiary/aromatic N) is 1. The Morgan fingerprint density at radius 3 is 2.42 bits per heavy atom. The van der Waals surface area contributed by atoms with Gasteiger partial charge in [-0.05, 0) is 39.3 Å². The van der Waals surface area contributed by atoms with Crippen LogP contribution in [-0.4, -0.2) is 43.3 Å². The van der Waals surface area contributed by atoms with Gasteiger partial charge in [-0.1, -0.05) is 19.3 Å². The second kappa shape index (κ2) is 6.44. The van der Waals surface area contributed by atoms with Crippen molar-refractivity contribution in [3.63, 3.8) is 0 Å². The molecule has 1 aliphatic heterocycles. The van der Waals surface area contributed by atoms with E-state index in [1.807, 2.05) is 0 Å². The summed E-state index contributed by atoms with van der Waals surface area (Å²) in [4.78, 5) is 2.28. The lowest BCUT2D eigenvalue weighted by Gasteiger charge is -2.37. The zero-order valence-electron chi connectivity index (χ0n) is 11.7. The number of piperidine rings is 1. The molecular formula is C14H25F3N2. The first kappa shape index (κ1) is 15.1. The van der Waals surface area contributed by atoms with Crippen LogP contribution in [0.5, 0.6) is 0 Å². The molecule has 1 aliphatic carbocycles. The maximum atomic E-state index is 13.0. The Hall–Kier alpha value is -0.290. The number of halogens is 3. The Morgan fingerprint density at radius 2 is 1.74 bits per heavy atom. The molecule has 2 rings (SSSR count). The first-order chi connectivity index (χ1) is 8.98. The standard InChI is InChI=1S/C14H25F3N2/c1-19-9-5-4-6-11(19)10-18-13-8-3-2-7-12(13)14(15,16)17/h11-13,18H,2-10H2,1H3. The van der Waals surface area contributed by atoms with Crippen molar-refractivity contribution in [2.45, 2.75) is 63.2 Å². The van der Waals surface area contributed by atoms with Crippen LogP contribution in [-0.2, 0) is 0 Å². The molecule has 0 aromatic carbocycles. The van der Waals surface area contributed by atoms with Crippen molar-refractivity contribution in [3.8, 4) is 0 Å². The number of rotatable bonds is 3. The summed E-state index contributed by atoms with van der Waals surface area (Å²) >= 11 is 0. The lowest BCUT2D eigenvalue weighted by atomic mass is 9.83. The summed E-state index contributed by atoms with van der Waals surface area (Å²) in [6.45, 7) is 1.77. The number of alkyl halides is 3. The zero-order valence-corrected chi connectivity index (χ0v) is 11.7. The molecule has 5 heteroatoms. The largest absolute Gasteiger partial charge is 0.393 e. The fourth-order valence-corrected chi connectivity index (χ4v) is 3.46. The Kier molecular flexibility index (Phi) is 5.12. The fraction of sp³-hybridized carbons (Fsp3) is 1.00. The van der Waals surface area contributed by atoms with Crippen LogP contribution in [0.25, 0.3) is 0 Å². The highest BCUT2D eigenvalue weighted by Crippen LogP contribution is 2.37. The fourth-order valence-electron chi connectivity index (χ4n) is 3.46. The summed E-state index contributed by atoms with van der Waals surface area (Å²) in [6, 6.07) is 0.0358. The van der Waals surface area contributed by atoms with Gasteiger partial charge in [-0.25, -0.2) is 0 Å². The van der Waals surface area contributed by atoms with Crippen molar-refractivity contribution in [2.24, 2.45) is 5.92 Å². The normalized spacial score (nSPS) is 34.4. The van der Waals surface area contributed by atoms with E-state index in [9.17, 15) is 13.2 Å². The van der Waals surface area contributed by atoms with Gasteiger partial charge in [0.05, 0.1) is 5.92 Å². The third-order valence-electron chi connectivity index (χ3n) is 4.72. The van der Waals surface area contributed by atoms with Crippen molar-refractivity contribution in [2.75, 3.05) is 20.1 Å². The number of likely N-dealkylation sites (tertiary alicyclic amines) is 1. The van der Waals surface area contributed by atoms with E-state index in [2.05, 4.69) is 17.3 Å². The highest BCUT2D eigenvalue weighted by Gasteiger charge is 2.45. The third kappa shape index (κ3) is 4.09. The molecule has 1 saturated heterocycles. The second-order valence-corrected chi connectivity index (χ2v) is 6.08. The lowest BCUT2D eigenvalue weighted by molar-refractivity contribution is -0.189. The average molecular weight is 278 g/mol. The molecule has 19 heavy (non-hydrogen) atoms. The van der Waals surface area contributed by atoms with E-state index in [4.69, 9.17) is 0 Å². The van der Waals surface area contributed by atoms with E-state index in [0.717, 1.165) is 19.4 Å². The molecule has 3 unspecified atom stereocenters. The molecule has 2 nitrogen and oxygen atoms in total. The average Bonchev–Trinajstić information content (AvgIpc) is 2.37. The summed E-state index contributed by atoms with van der Waals surface area (Å²) in [5.41, 5.74) is 0. The maximum Gasteiger partial charge on any atom is 0.393 e. The van der Waals surface area contributed by atoms with Crippen molar-refractivity contribution in [1.82, 2.24) is 10.2 Å². The molecule has 0 spiro atoms. The number of hydrogen-bond acceptors (Lipinski definition) is 2. The van der Waals surface area contributed by atoms with E-state index in [-0.39, 0.29) is 6.04 Å². The van der Waals surface area contributed by atoms with Crippen LogP contribution < -0.4 is 5.32 Å². The molecule has 0 aromatic heterocycles. The summed E-state index contributed by atoms with van der Waals surface area (Å²) in [7, 11) is 2.08. The number of likely N-dealkylation sites (N-methyl/N-ethyl adjacent to an activating group) is 1. The van der Waals surface area contributed by atoms with Crippen LogP contribution in [0.4, 0.5) is 13.2 Å². The summed E-state index contributed by atoms with van der Waals surface area (Å²) in [5.74, 6) is -1.14. The Labute approximate surface area is 113 Å². The second-order valence-electron chi connectivity index (χ2n) is 6.08. The first-order valence-electron chi connectivity index (χ1n) is 7.49. The molecule has 112 valence electrons. The van der Waals surface area contributed by atoms with E-state index >= 15 is 0 Å². The molecular weight excluding hydrogens is 253 g/mol. The van der Waals surface area contributed by atoms with Crippen LogP contribution in [0, 0.1) is 5.92 Å². The Bertz CT molecular complexity index is 280. The molecule has 1 saturated carbocycles. The molecule has 0 bridgehead atoms. The molecule has 0 amide bonds. The van der Waals surface area contributed by atoms with E-state index in [1.165, 1.54) is 12.8 Å². The van der Waals surface area contributed by atoms with Gasteiger partial charge in [0.1, 0.15) is 0 Å². The summed E-state index contributed by atoms with van der Waals surface area (Å²) in [5, 5.41) is 3.22. The van der Waals surface area contributed by atoms with Gasteiger partial charge >= 0.3 is 6.18 Å². The predicted molar refractivity (Wildman–Crippen MR) is 70.1 cm³/mol. The molecule has 2 aliphatic rings. The number of nitrogens with one attached hydrogen (secondary N) is 1. The van der Waals surface area contributed by atoms with Crippen molar-refractivity contribution in [1.29, 1.82) is 0 Å². The predicted octanol–water partition coefficient (Wildman–Crippen LogP) is 3.18. The van der Waals surface area contributed by atoms with E-state index in [1.54, 1.807) is 0 Å². The summed E-state index contributed by atoms with van der Waals surface area (Å²) < 4.78 is 38.9. The van der Waals surface area contributed by atoms with Crippen LogP contribution in [0.2, 0.25) is 0 Å². The van der Waals surface area contributed by atoms with Gasteiger partial charge in [-0.2, -0.15) is 13.2 Å². The van der Waals surface area contributed by atoms with E-state index < -0.39 is 12.1 Å². The minimum Gasteiger partial charge on any atom is -0.312 e. The minimum absolute atomic E-state index is 0.293. The van der Waals surface area contributed by atoms with Gasteiger partial charge < -0.3 is 10.2 Å². The van der Waals surface area contributed by atoms with Crippen molar-refractivity contribution in [3.05, 3.63) is 0 Å². The molecule has 0 aromatic rings. The van der Waals surface area contributed by atoms with Crippen LogP contribution in [0.3, 0.4) is 0 Å². The highest BCUT2D eigenvalue weighted by atomic mass is 19.4. The van der Waals surface area contributed by atoms with Gasteiger partial charge in [0, 0.05) is 18.6 Å².